The zero-order valence-electron chi connectivity index (χ0n) is 27.0. The summed E-state index contributed by atoms with van der Waals surface area (Å²) in [6.07, 6.45) is 14.0. The first-order chi connectivity index (χ1) is 24.3. The molecule has 1 fully saturated rings. The Balaban J connectivity index is 1.14. The SMILES string of the molecule is C1=CC2=C(N(c3ccc(-c4ccc5[nH]c6ccccc6c5c4)cc3)c3cc(-c4ccccc4)cc(-c4ccccc4)c3)C=CC3C(C=C1)C23. The lowest BCUT2D eigenvalue weighted by Gasteiger charge is -2.31. The summed E-state index contributed by atoms with van der Waals surface area (Å²) < 4.78 is 0. The normalized spacial score (nSPS) is 18.9. The quantitative estimate of drug-likeness (QED) is 0.195. The van der Waals surface area contributed by atoms with Crippen LogP contribution in [0.3, 0.4) is 0 Å². The number of allylic oxidation sites excluding steroid dienone is 7. The molecule has 3 atom stereocenters. The Morgan fingerprint density at radius 1 is 0.429 bits per heavy atom. The highest BCUT2D eigenvalue weighted by Gasteiger charge is 2.51. The molecule has 10 rings (SSSR count). The highest BCUT2D eigenvalue weighted by atomic mass is 15.2. The molecule has 3 aliphatic rings. The van der Waals surface area contributed by atoms with Gasteiger partial charge in [-0.15, -0.1) is 0 Å². The molecule has 0 amide bonds. The first-order valence-electron chi connectivity index (χ1n) is 17.2. The van der Waals surface area contributed by atoms with Gasteiger partial charge in [0, 0.05) is 38.9 Å². The van der Waals surface area contributed by atoms with E-state index >= 15 is 0 Å². The van der Waals surface area contributed by atoms with Crippen molar-refractivity contribution >= 4 is 33.2 Å². The van der Waals surface area contributed by atoms with Crippen molar-refractivity contribution < 1.29 is 0 Å². The standard InChI is InChI=1S/C47H34N2/c1-3-11-31(12-4-1)35-27-36(32-13-5-2-6-14-32)29-38(28-35)49(46-26-24-41-40-16-7-8-17-42(46)47(40)41)37-22-19-33(20-23-37)34-21-25-45-43(30-34)39-15-9-10-18-44(39)48-45/h1-30,40-41,47-48H. The molecule has 0 saturated heterocycles. The second-order valence-electron chi connectivity index (χ2n) is 13.4. The number of anilines is 2. The third kappa shape index (κ3) is 4.79. The number of para-hydroxylation sites is 1. The molecule has 7 aromatic rings. The number of H-pyrrole nitrogens is 1. The number of benzene rings is 6. The first-order valence-corrected chi connectivity index (χ1v) is 17.2. The summed E-state index contributed by atoms with van der Waals surface area (Å²) in [5.41, 5.74) is 14.6. The predicted octanol–water partition coefficient (Wildman–Crippen LogP) is 12.3. The average molecular weight is 627 g/mol. The molecule has 6 aromatic carbocycles. The highest BCUT2D eigenvalue weighted by molar-refractivity contribution is 6.08. The molecule has 3 unspecified atom stereocenters. The van der Waals surface area contributed by atoms with Crippen LogP contribution in [-0.2, 0) is 0 Å². The van der Waals surface area contributed by atoms with Crippen LogP contribution in [0, 0.1) is 17.8 Å². The van der Waals surface area contributed by atoms with Crippen LogP contribution < -0.4 is 4.90 Å². The van der Waals surface area contributed by atoms with Gasteiger partial charge in [0.1, 0.15) is 0 Å². The van der Waals surface area contributed by atoms with Crippen LogP contribution in [0.2, 0.25) is 0 Å². The van der Waals surface area contributed by atoms with E-state index in [1.54, 1.807) is 0 Å². The zero-order chi connectivity index (χ0) is 32.3. The number of nitrogens with zero attached hydrogens (tertiary/aromatic N) is 1. The lowest BCUT2D eigenvalue weighted by atomic mass is 9.95. The molecule has 232 valence electrons. The van der Waals surface area contributed by atoms with E-state index in [1.165, 1.54) is 66.5 Å². The Hall–Kier alpha value is -6.12. The molecule has 49 heavy (non-hydrogen) atoms. The lowest BCUT2D eigenvalue weighted by Crippen LogP contribution is -2.19. The topological polar surface area (TPSA) is 19.0 Å². The van der Waals surface area contributed by atoms with Crippen LogP contribution in [0.1, 0.15) is 0 Å². The van der Waals surface area contributed by atoms with Gasteiger partial charge in [0.15, 0.2) is 0 Å². The number of rotatable bonds is 6. The smallest absolute Gasteiger partial charge is 0.0493 e. The second-order valence-corrected chi connectivity index (χ2v) is 13.4. The predicted molar refractivity (Wildman–Crippen MR) is 206 cm³/mol. The third-order valence-electron chi connectivity index (χ3n) is 10.6. The Bertz CT molecular complexity index is 2440. The Morgan fingerprint density at radius 3 is 1.82 bits per heavy atom. The van der Waals surface area contributed by atoms with Gasteiger partial charge in [-0.1, -0.05) is 127 Å². The van der Waals surface area contributed by atoms with Gasteiger partial charge in [0.25, 0.3) is 0 Å². The first kappa shape index (κ1) is 27.9. The van der Waals surface area contributed by atoms with Gasteiger partial charge in [-0.2, -0.15) is 0 Å². The van der Waals surface area contributed by atoms with Crippen molar-refractivity contribution in [3.05, 3.63) is 193 Å². The lowest BCUT2D eigenvalue weighted by molar-refractivity contribution is 0.902. The maximum Gasteiger partial charge on any atom is 0.0493 e. The molecule has 0 bridgehead atoms. The van der Waals surface area contributed by atoms with E-state index in [2.05, 4.69) is 192 Å². The summed E-state index contributed by atoms with van der Waals surface area (Å²) in [5, 5.41) is 2.52. The fraction of sp³-hybridized carbons (Fsp3) is 0.0638. The van der Waals surface area contributed by atoms with E-state index in [4.69, 9.17) is 0 Å². The molecule has 0 aliphatic heterocycles. The molecule has 0 spiro atoms. The number of nitrogens with one attached hydrogen (secondary N) is 1. The molecule has 1 aromatic heterocycles. The molecule has 1 saturated carbocycles. The molecular formula is C47H34N2. The van der Waals surface area contributed by atoms with Gasteiger partial charge >= 0.3 is 0 Å². The Morgan fingerprint density at radius 2 is 1.06 bits per heavy atom. The van der Waals surface area contributed by atoms with Crippen LogP contribution in [-0.4, -0.2) is 4.98 Å². The monoisotopic (exact) mass is 626 g/mol. The number of fused-ring (bicyclic) bond motifs is 4. The van der Waals surface area contributed by atoms with Gasteiger partial charge in [-0.3, -0.25) is 0 Å². The molecule has 2 nitrogen and oxygen atoms in total. The number of aromatic amines is 1. The van der Waals surface area contributed by atoms with E-state index in [0.717, 1.165) is 11.4 Å². The van der Waals surface area contributed by atoms with E-state index in [-0.39, 0.29) is 0 Å². The Labute approximate surface area is 286 Å². The van der Waals surface area contributed by atoms with E-state index in [0.29, 0.717) is 17.8 Å². The minimum Gasteiger partial charge on any atom is -0.355 e. The molecule has 3 aliphatic carbocycles. The van der Waals surface area contributed by atoms with Gasteiger partial charge in [0.05, 0.1) is 0 Å². The van der Waals surface area contributed by atoms with E-state index < -0.39 is 0 Å². The highest BCUT2D eigenvalue weighted by Crippen LogP contribution is 2.58. The summed E-state index contributed by atoms with van der Waals surface area (Å²) in [4.78, 5) is 6.05. The van der Waals surface area contributed by atoms with Crippen LogP contribution >= 0.6 is 0 Å². The van der Waals surface area contributed by atoms with Crippen molar-refractivity contribution in [3.63, 3.8) is 0 Å². The van der Waals surface area contributed by atoms with Crippen LogP contribution in [0.25, 0.3) is 55.2 Å². The fourth-order valence-corrected chi connectivity index (χ4v) is 8.08. The van der Waals surface area contributed by atoms with Crippen molar-refractivity contribution in [2.24, 2.45) is 17.8 Å². The third-order valence-corrected chi connectivity index (χ3v) is 10.6. The van der Waals surface area contributed by atoms with E-state index in [1.807, 2.05) is 0 Å². The average Bonchev–Trinajstić information content (AvgIpc) is 3.82. The minimum atomic E-state index is 0.533. The van der Waals surface area contributed by atoms with Crippen molar-refractivity contribution in [2.45, 2.75) is 0 Å². The number of hydrogen-bond donors (Lipinski definition) is 1. The molecule has 0 radical (unpaired) electrons. The van der Waals surface area contributed by atoms with Crippen LogP contribution in [0.4, 0.5) is 11.4 Å². The van der Waals surface area contributed by atoms with Crippen molar-refractivity contribution in [2.75, 3.05) is 4.90 Å². The summed E-state index contributed by atoms with van der Waals surface area (Å²) in [5.74, 6) is 1.71. The maximum absolute atomic E-state index is 3.57. The number of hydrogen-bond acceptors (Lipinski definition) is 1. The summed E-state index contributed by atoms with van der Waals surface area (Å²) in [6, 6.07) is 53.0. The largest absolute Gasteiger partial charge is 0.355 e. The molecule has 1 heterocycles. The van der Waals surface area contributed by atoms with Gasteiger partial charge in [-0.05, 0) is 111 Å². The molecule has 1 N–H and O–H groups in total. The van der Waals surface area contributed by atoms with Crippen molar-refractivity contribution in [3.8, 4) is 33.4 Å². The minimum absolute atomic E-state index is 0.533. The van der Waals surface area contributed by atoms with Crippen LogP contribution in [0.15, 0.2) is 193 Å². The molecule has 2 heteroatoms. The van der Waals surface area contributed by atoms with Crippen LogP contribution in [0.5, 0.6) is 0 Å². The van der Waals surface area contributed by atoms with Gasteiger partial charge < -0.3 is 9.88 Å². The van der Waals surface area contributed by atoms with Gasteiger partial charge in [0.2, 0.25) is 0 Å². The molecular weight excluding hydrogens is 593 g/mol. The summed E-state index contributed by atoms with van der Waals surface area (Å²) in [7, 11) is 0. The van der Waals surface area contributed by atoms with E-state index in [9.17, 15) is 0 Å². The fourth-order valence-electron chi connectivity index (χ4n) is 8.08. The maximum atomic E-state index is 3.57. The summed E-state index contributed by atoms with van der Waals surface area (Å²) in [6.45, 7) is 0. The second kappa shape index (κ2) is 11.2. The summed E-state index contributed by atoms with van der Waals surface area (Å²) >= 11 is 0. The van der Waals surface area contributed by atoms with Crippen molar-refractivity contribution in [1.29, 1.82) is 0 Å². The van der Waals surface area contributed by atoms with Gasteiger partial charge in [-0.25, -0.2) is 0 Å². The van der Waals surface area contributed by atoms with Crippen molar-refractivity contribution in [1.82, 2.24) is 4.98 Å². The Kier molecular flexibility index (Phi) is 6.41. The number of aromatic nitrogens is 1. The zero-order valence-corrected chi connectivity index (χ0v) is 27.0.